The van der Waals surface area contributed by atoms with Gasteiger partial charge in [0, 0.05) is 17.0 Å². The summed E-state index contributed by atoms with van der Waals surface area (Å²) in [4.78, 5) is 39.2. The zero-order valence-corrected chi connectivity index (χ0v) is 16.1. The van der Waals surface area contributed by atoms with E-state index in [1.165, 1.54) is 11.3 Å². The number of ether oxygens (including phenoxy) is 2. The number of amides is 3. The minimum Gasteiger partial charge on any atom is -0.497 e. The molecule has 0 spiro atoms. The Hall–Kier alpha value is -2.94. The van der Waals surface area contributed by atoms with Crippen molar-refractivity contribution in [3.8, 4) is 16.3 Å². The monoisotopic (exact) mass is 391 g/mol. The van der Waals surface area contributed by atoms with Gasteiger partial charge in [-0.2, -0.15) is 0 Å². The Balaban J connectivity index is 1.81. The maximum absolute atomic E-state index is 11.9. The Morgan fingerprint density at radius 1 is 1.19 bits per heavy atom. The molecule has 0 radical (unpaired) electrons. The number of imide groups is 1. The maximum Gasteiger partial charge on any atom is 0.321 e. The van der Waals surface area contributed by atoms with Crippen LogP contribution < -0.4 is 15.4 Å². The minimum atomic E-state index is -0.696. The molecular formula is C18H21N3O5S. The van der Waals surface area contributed by atoms with Crippen molar-refractivity contribution in [1.29, 1.82) is 0 Å². The van der Waals surface area contributed by atoms with Gasteiger partial charge in [0.05, 0.1) is 19.2 Å². The fraction of sp³-hybridized carbons (Fsp3) is 0.333. The van der Waals surface area contributed by atoms with Gasteiger partial charge < -0.3 is 14.8 Å². The van der Waals surface area contributed by atoms with E-state index in [9.17, 15) is 14.4 Å². The van der Waals surface area contributed by atoms with Crippen LogP contribution in [0.5, 0.6) is 5.75 Å². The molecule has 1 aromatic heterocycles. The van der Waals surface area contributed by atoms with Crippen LogP contribution in [-0.2, 0) is 20.7 Å². The van der Waals surface area contributed by atoms with Crippen molar-refractivity contribution < 1.29 is 23.9 Å². The van der Waals surface area contributed by atoms with E-state index in [4.69, 9.17) is 9.47 Å². The van der Waals surface area contributed by atoms with Gasteiger partial charge in [-0.25, -0.2) is 9.78 Å². The molecule has 9 heteroatoms. The van der Waals surface area contributed by atoms with E-state index in [1.807, 2.05) is 24.3 Å². The van der Waals surface area contributed by atoms with Gasteiger partial charge in [-0.3, -0.25) is 14.9 Å². The minimum absolute atomic E-state index is 0.0574. The Morgan fingerprint density at radius 2 is 1.89 bits per heavy atom. The van der Waals surface area contributed by atoms with Crippen molar-refractivity contribution in [3.05, 3.63) is 35.3 Å². The molecule has 0 saturated heterocycles. The second-order valence-electron chi connectivity index (χ2n) is 5.89. The SMILES string of the molecule is COc1ccc(-c2nc(CC(=O)OCC(=O)NC(=O)NC(C)C)cs2)cc1. The number of thiazole rings is 1. The van der Waals surface area contributed by atoms with Crippen LogP contribution in [0, 0.1) is 0 Å². The predicted molar refractivity (Wildman–Crippen MR) is 101 cm³/mol. The molecule has 0 atom stereocenters. The van der Waals surface area contributed by atoms with Gasteiger partial charge >= 0.3 is 12.0 Å². The second-order valence-corrected chi connectivity index (χ2v) is 6.74. The van der Waals surface area contributed by atoms with Crippen LogP contribution in [0.15, 0.2) is 29.6 Å². The molecule has 144 valence electrons. The van der Waals surface area contributed by atoms with Crippen molar-refractivity contribution in [2.45, 2.75) is 26.3 Å². The number of benzene rings is 1. The summed E-state index contributed by atoms with van der Waals surface area (Å²) in [5.41, 5.74) is 1.46. The standard InChI is InChI=1S/C18H21N3O5S/c1-11(2)19-18(24)21-15(22)9-26-16(23)8-13-10-27-17(20-13)12-4-6-14(25-3)7-5-12/h4-7,10-11H,8-9H2,1-3H3,(H2,19,21,22,24). The zero-order valence-electron chi connectivity index (χ0n) is 15.3. The van der Waals surface area contributed by atoms with Crippen molar-refractivity contribution >= 4 is 29.2 Å². The van der Waals surface area contributed by atoms with E-state index in [1.54, 1.807) is 26.3 Å². The van der Waals surface area contributed by atoms with Gasteiger partial charge in [0.15, 0.2) is 6.61 Å². The topological polar surface area (TPSA) is 107 Å². The first kappa shape index (κ1) is 20.4. The van der Waals surface area contributed by atoms with Crippen LogP contribution in [0.3, 0.4) is 0 Å². The molecule has 1 heterocycles. The number of carbonyl (C=O) groups excluding carboxylic acids is 3. The number of methoxy groups -OCH3 is 1. The van der Waals surface area contributed by atoms with Gasteiger partial charge in [0.1, 0.15) is 10.8 Å². The van der Waals surface area contributed by atoms with Crippen LogP contribution in [0.2, 0.25) is 0 Å². The smallest absolute Gasteiger partial charge is 0.321 e. The fourth-order valence-electron chi connectivity index (χ4n) is 2.06. The number of carbonyl (C=O) groups is 3. The van der Waals surface area contributed by atoms with Gasteiger partial charge in [-0.05, 0) is 38.1 Å². The Labute approximate surface area is 160 Å². The lowest BCUT2D eigenvalue weighted by Crippen LogP contribution is -2.44. The molecule has 0 fully saturated rings. The lowest BCUT2D eigenvalue weighted by molar-refractivity contribution is -0.147. The summed E-state index contributed by atoms with van der Waals surface area (Å²) in [7, 11) is 1.60. The average Bonchev–Trinajstić information content (AvgIpc) is 3.07. The van der Waals surface area contributed by atoms with Crippen molar-refractivity contribution in [3.63, 3.8) is 0 Å². The number of rotatable bonds is 7. The summed E-state index contributed by atoms with van der Waals surface area (Å²) in [6.45, 7) is 3.00. The summed E-state index contributed by atoms with van der Waals surface area (Å²) in [5, 5.41) is 7.10. The number of hydrogen-bond donors (Lipinski definition) is 2. The Bertz CT molecular complexity index is 802. The molecule has 1 aromatic carbocycles. The molecule has 0 aliphatic rings. The van der Waals surface area contributed by atoms with Crippen molar-refractivity contribution in [2.24, 2.45) is 0 Å². The molecule has 0 bridgehead atoms. The number of nitrogens with one attached hydrogen (secondary N) is 2. The number of hydrogen-bond acceptors (Lipinski definition) is 7. The van der Waals surface area contributed by atoms with Crippen molar-refractivity contribution in [2.75, 3.05) is 13.7 Å². The highest BCUT2D eigenvalue weighted by Gasteiger charge is 2.14. The van der Waals surface area contributed by atoms with Gasteiger partial charge in [-0.15, -0.1) is 11.3 Å². The van der Waals surface area contributed by atoms with E-state index in [2.05, 4.69) is 15.6 Å². The van der Waals surface area contributed by atoms with E-state index in [0.717, 1.165) is 16.3 Å². The fourth-order valence-corrected chi connectivity index (χ4v) is 2.89. The molecule has 27 heavy (non-hydrogen) atoms. The zero-order chi connectivity index (χ0) is 19.8. The Kier molecular flexibility index (Phi) is 7.30. The summed E-state index contributed by atoms with van der Waals surface area (Å²) in [5.74, 6) is -0.542. The van der Waals surface area contributed by atoms with E-state index < -0.39 is 24.5 Å². The highest BCUT2D eigenvalue weighted by atomic mass is 32.1. The highest BCUT2D eigenvalue weighted by Crippen LogP contribution is 2.25. The molecule has 0 unspecified atom stereocenters. The molecule has 0 aliphatic carbocycles. The summed E-state index contributed by atoms with van der Waals surface area (Å²) < 4.78 is 9.99. The first-order valence-corrected chi connectivity index (χ1v) is 9.10. The van der Waals surface area contributed by atoms with Crippen LogP contribution in [0.4, 0.5) is 4.79 Å². The van der Waals surface area contributed by atoms with Gasteiger partial charge in [-0.1, -0.05) is 0 Å². The summed E-state index contributed by atoms with van der Waals surface area (Å²) in [6, 6.07) is 6.69. The third kappa shape index (κ3) is 6.70. The third-order valence-corrected chi connectivity index (χ3v) is 4.19. The second kappa shape index (κ2) is 9.67. The lowest BCUT2D eigenvalue weighted by Gasteiger charge is -2.09. The van der Waals surface area contributed by atoms with E-state index in [0.29, 0.717) is 5.69 Å². The first-order valence-electron chi connectivity index (χ1n) is 8.22. The molecule has 8 nitrogen and oxygen atoms in total. The Morgan fingerprint density at radius 3 is 2.52 bits per heavy atom. The molecular weight excluding hydrogens is 370 g/mol. The number of urea groups is 1. The van der Waals surface area contributed by atoms with Crippen LogP contribution in [0.1, 0.15) is 19.5 Å². The van der Waals surface area contributed by atoms with Crippen LogP contribution >= 0.6 is 11.3 Å². The molecule has 2 N–H and O–H groups in total. The third-order valence-electron chi connectivity index (χ3n) is 3.25. The summed E-state index contributed by atoms with van der Waals surface area (Å²) in [6.07, 6.45) is -0.0574. The lowest BCUT2D eigenvalue weighted by atomic mass is 10.2. The normalized spacial score (nSPS) is 10.4. The number of aromatic nitrogens is 1. The molecule has 0 saturated carbocycles. The molecule has 2 rings (SSSR count). The highest BCUT2D eigenvalue weighted by molar-refractivity contribution is 7.13. The predicted octanol–water partition coefficient (Wildman–Crippen LogP) is 2.14. The van der Waals surface area contributed by atoms with Crippen LogP contribution in [-0.4, -0.2) is 42.7 Å². The van der Waals surface area contributed by atoms with Gasteiger partial charge in [0.25, 0.3) is 5.91 Å². The molecule has 2 aromatic rings. The van der Waals surface area contributed by atoms with Crippen molar-refractivity contribution in [1.82, 2.24) is 15.6 Å². The van der Waals surface area contributed by atoms with Crippen LogP contribution in [0.25, 0.3) is 10.6 Å². The average molecular weight is 391 g/mol. The molecule has 3 amide bonds. The number of nitrogens with zero attached hydrogens (tertiary/aromatic N) is 1. The maximum atomic E-state index is 11.9. The van der Waals surface area contributed by atoms with E-state index >= 15 is 0 Å². The first-order chi connectivity index (χ1) is 12.9. The quantitative estimate of drug-likeness (QED) is 0.701. The largest absolute Gasteiger partial charge is 0.497 e. The number of esters is 1. The summed E-state index contributed by atoms with van der Waals surface area (Å²) >= 11 is 1.40. The van der Waals surface area contributed by atoms with E-state index in [-0.39, 0.29) is 12.5 Å². The van der Waals surface area contributed by atoms with Gasteiger partial charge in [0.2, 0.25) is 0 Å². The molecule has 0 aliphatic heterocycles.